The van der Waals surface area contributed by atoms with E-state index >= 15 is 0 Å². The first-order valence-corrected chi connectivity index (χ1v) is 9.99. The molecule has 5 N–H and O–H groups in total. The smallest absolute Gasteiger partial charge is 0.252 e. The Kier molecular flexibility index (Phi) is 8.14. The van der Waals surface area contributed by atoms with Gasteiger partial charge in [0.2, 0.25) is 5.91 Å². The lowest BCUT2D eigenvalue weighted by Crippen LogP contribution is -2.55. The van der Waals surface area contributed by atoms with E-state index in [2.05, 4.69) is 10.6 Å². The number of amides is 2. The highest BCUT2D eigenvalue weighted by atomic mass is 16.5. The Labute approximate surface area is 176 Å². The summed E-state index contributed by atoms with van der Waals surface area (Å²) in [6.07, 6.45) is -2.17. The van der Waals surface area contributed by atoms with Crippen molar-refractivity contribution < 1.29 is 29.6 Å². The molecular weight excluding hydrogens is 388 g/mol. The number of nitrogens with one attached hydrogen (secondary N) is 2. The molecule has 2 rings (SSSR count). The number of methoxy groups -OCH3 is 1. The van der Waals surface area contributed by atoms with Gasteiger partial charge in [0.15, 0.2) is 6.10 Å². The van der Waals surface area contributed by atoms with Gasteiger partial charge in [0.1, 0.15) is 24.4 Å². The first-order valence-electron chi connectivity index (χ1n) is 9.99. The monoisotopic (exact) mass is 420 g/mol. The Morgan fingerprint density at radius 2 is 1.90 bits per heavy atom. The molecule has 1 aromatic carbocycles. The van der Waals surface area contributed by atoms with E-state index in [9.17, 15) is 24.9 Å². The minimum absolute atomic E-state index is 0.228. The van der Waals surface area contributed by atoms with E-state index in [0.717, 1.165) is 5.56 Å². The molecule has 1 heterocycles. The van der Waals surface area contributed by atoms with Crippen LogP contribution in [0.3, 0.4) is 0 Å². The van der Waals surface area contributed by atoms with Crippen molar-refractivity contribution in [1.29, 1.82) is 0 Å². The third-order valence-corrected chi connectivity index (χ3v) is 4.93. The number of hydrogen-bond acceptors (Lipinski definition) is 6. The molecule has 0 bridgehead atoms. The van der Waals surface area contributed by atoms with Crippen LogP contribution in [0.15, 0.2) is 36.4 Å². The van der Waals surface area contributed by atoms with Crippen molar-refractivity contribution >= 4 is 17.5 Å². The lowest BCUT2D eigenvalue weighted by molar-refractivity contribution is -0.150. The van der Waals surface area contributed by atoms with Gasteiger partial charge < -0.3 is 30.7 Å². The van der Waals surface area contributed by atoms with Crippen molar-refractivity contribution in [3.05, 3.63) is 42.0 Å². The molecule has 2 amide bonds. The van der Waals surface area contributed by atoms with E-state index in [1.165, 1.54) is 13.2 Å². The molecular formula is C22H32N2O6. The van der Waals surface area contributed by atoms with Crippen molar-refractivity contribution in [3.63, 3.8) is 0 Å². The number of allylic oxidation sites excluding steroid dienone is 1. The standard InChI is InChI=1S/C22H32N2O6/c1-22(2,3)12-11-16(25)17(26)18(27)19(30-4)21(29)24-15-10-9-13-7-5-6-8-14(13)23-20(15)28/h5-8,11-12,15-19,25-27H,9-10H2,1-4H3,(H,23,28)(H,24,29)/t15-,16-,17+,18-,19-/m1/s1. The maximum absolute atomic E-state index is 12.7. The van der Waals surface area contributed by atoms with Gasteiger partial charge in [-0.15, -0.1) is 0 Å². The third kappa shape index (κ3) is 6.37. The largest absolute Gasteiger partial charge is 0.387 e. The lowest BCUT2D eigenvalue weighted by Gasteiger charge is -2.28. The summed E-state index contributed by atoms with van der Waals surface area (Å²) in [4.78, 5) is 25.2. The number of benzene rings is 1. The number of fused-ring (bicyclic) bond motifs is 1. The molecule has 1 aliphatic heterocycles. The van der Waals surface area contributed by atoms with Crippen LogP contribution in [0.5, 0.6) is 0 Å². The van der Waals surface area contributed by atoms with Crippen LogP contribution in [0.25, 0.3) is 0 Å². The van der Waals surface area contributed by atoms with Gasteiger partial charge in [0.25, 0.3) is 5.91 Å². The fourth-order valence-corrected chi connectivity index (χ4v) is 3.19. The molecule has 0 aliphatic carbocycles. The number of aliphatic hydroxyl groups excluding tert-OH is 3. The zero-order valence-corrected chi connectivity index (χ0v) is 17.8. The highest BCUT2D eigenvalue weighted by Crippen LogP contribution is 2.22. The molecule has 0 unspecified atom stereocenters. The Morgan fingerprint density at radius 3 is 2.53 bits per heavy atom. The second kappa shape index (κ2) is 10.2. The van der Waals surface area contributed by atoms with Gasteiger partial charge in [-0.25, -0.2) is 0 Å². The van der Waals surface area contributed by atoms with E-state index in [4.69, 9.17) is 4.74 Å². The molecule has 8 nitrogen and oxygen atoms in total. The van der Waals surface area contributed by atoms with Gasteiger partial charge in [-0.1, -0.05) is 51.1 Å². The Morgan fingerprint density at radius 1 is 1.23 bits per heavy atom. The quantitative estimate of drug-likeness (QED) is 0.414. The summed E-state index contributed by atoms with van der Waals surface area (Å²) in [5.41, 5.74) is 1.44. The molecule has 166 valence electrons. The zero-order chi connectivity index (χ0) is 22.5. The number of para-hydroxylation sites is 1. The first-order chi connectivity index (χ1) is 14.0. The lowest BCUT2D eigenvalue weighted by atomic mass is 9.94. The minimum atomic E-state index is -1.69. The summed E-state index contributed by atoms with van der Waals surface area (Å²) in [7, 11) is 1.21. The molecule has 30 heavy (non-hydrogen) atoms. The predicted octanol–water partition coefficient (Wildman–Crippen LogP) is 0.756. The third-order valence-electron chi connectivity index (χ3n) is 4.93. The Balaban J connectivity index is 2.03. The van der Waals surface area contributed by atoms with Crippen molar-refractivity contribution in [2.45, 2.75) is 64.1 Å². The maximum Gasteiger partial charge on any atom is 0.252 e. The minimum Gasteiger partial charge on any atom is -0.387 e. The van der Waals surface area contributed by atoms with Crippen LogP contribution in [0, 0.1) is 5.41 Å². The molecule has 0 saturated carbocycles. The Hall–Kier alpha value is -2.26. The van der Waals surface area contributed by atoms with E-state index < -0.39 is 36.4 Å². The normalized spacial score (nSPS) is 21.2. The van der Waals surface area contributed by atoms with Gasteiger partial charge >= 0.3 is 0 Å². The average Bonchev–Trinajstić information content (AvgIpc) is 2.84. The van der Waals surface area contributed by atoms with E-state index in [0.29, 0.717) is 18.5 Å². The second-order valence-electron chi connectivity index (χ2n) is 8.60. The number of aliphatic hydroxyl groups is 3. The van der Waals surface area contributed by atoms with Gasteiger partial charge in [0, 0.05) is 12.8 Å². The van der Waals surface area contributed by atoms with E-state index in [1.54, 1.807) is 12.1 Å². The van der Waals surface area contributed by atoms with E-state index in [1.807, 2.05) is 39.0 Å². The van der Waals surface area contributed by atoms with Crippen molar-refractivity contribution in [1.82, 2.24) is 5.32 Å². The number of ether oxygens (including phenoxy) is 1. The zero-order valence-electron chi connectivity index (χ0n) is 17.8. The molecule has 0 aromatic heterocycles. The number of rotatable bonds is 7. The number of carbonyl (C=O) groups excluding carboxylic acids is 2. The molecule has 0 saturated heterocycles. The summed E-state index contributed by atoms with van der Waals surface area (Å²) < 4.78 is 5.07. The topological polar surface area (TPSA) is 128 Å². The maximum atomic E-state index is 12.7. The molecule has 0 radical (unpaired) electrons. The van der Waals surface area contributed by atoms with Gasteiger partial charge in [-0.3, -0.25) is 9.59 Å². The van der Waals surface area contributed by atoms with Crippen molar-refractivity contribution in [2.24, 2.45) is 5.41 Å². The van der Waals surface area contributed by atoms with Gasteiger partial charge in [0.05, 0.1) is 0 Å². The summed E-state index contributed by atoms with van der Waals surface area (Å²) in [5.74, 6) is -1.12. The van der Waals surface area contributed by atoms with Gasteiger partial charge in [-0.05, 0) is 29.9 Å². The summed E-state index contributed by atoms with van der Waals surface area (Å²) in [5, 5.41) is 36.2. The summed E-state index contributed by atoms with van der Waals surface area (Å²) in [6.45, 7) is 5.75. The molecule has 0 spiro atoms. The van der Waals surface area contributed by atoms with Crippen LogP contribution in [0.4, 0.5) is 5.69 Å². The highest BCUT2D eigenvalue weighted by Gasteiger charge is 2.37. The van der Waals surface area contributed by atoms with Gasteiger partial charge in [-0.2, -0.15) is 0 Å². The van der Waals surface area contributed by atoms with Crippen LogP contribution in [0.1, 0.15) is 32.8 Å². The fourth-order valence-electron chi connectivity index (χ4n) is 3.19. The van der Waals surface area contributed by atoms with E-state index in [-0.39, 0.29) is 11.3 Å². The molecule has 5 atom stereocenters. The molecule has 0 fully saturated rings. The van der Waals surface area contributed by atoms with Crippen LogP contribution < -0.4 is 10.6 Å². The Bertz CT molecular complexity index is 773. The summed E-state index contributed by atoms with van der Waals surface area (Å²) in [6, 6.07) is 6.57. The van der Waals surface area contributed by atoms with Crippen molar-refractivity contribution in [3.8, 4) is 0 Å². The fraction of sp³-hybridized carbons (Fsp3) is 0.545. The number of anilines is 1. The predicted molar refractivity (Wildman–Crippen MR) is 113 cm³/mol. The highest BCUT2D eigenvalue weighted by molar-refractivity contribution is 5.99. The van der Waals surface area contributed by atoms with Crippen LogP contribution >= 0.6 is 0 Å². The first kappa shape index (κ1) is 24.0. The van der Waals surface area contributed by atoms with Crippen LogP contribution in [0.2, 0.25) is 0 Å². The molecule has 8 heteroatoms. The molecule has 1 aliphatic rings. The number of hydrogen-bond donors (Lipinski definition) is 5. The summed E-state index contributed by atoms with van der Waals surface area (Å²) >= 11 is 0. The molecule has 1 aromatic rings. The number of carbonyl (C=O) groups is 2. The number of aryl methyl sites for hydroxylation is 1. The average molecular weight is 421 g/mol. The van der Waals surface area contributed by atoms with Crippen LogP contribution in [-0.2, 0) is 20.7 Å². The van der Waals surface area contributed by atoms with Crippen molar-refractivity contribution in [2.75, 3.05) is 12.4 Å². The SMILES string of the molecule is CO[C@@H](C(=O)N[C@@H]1CCc2ccccc2NC1=O)[C@H](O)[C@@H](O)[C@H](O)C=CC(C)(C)C. The van der Waals surface area contributed by atoms with Crippen LogP contribution in [-0.4, -0.2) is 64.7 Å². The second-order valence-corrected chi connectivity index (χ2v) is 8.60.